The third-order valence-electron chi connectivity index (χ3n) is 9.68. The molecule has 0 radical (unpaired) electrons. The summed E-state index contributed by atoms with van der Waals surface area (Å²) in [6.45, 7) is 9.37. The van der Waals surface area contributed by atoms with E-state index in [9.17, 15) is 0 Å². The Labute approximate surface area is 238 Å². The van der Waals surface area contributed by atoms with E-state index < -0.39 is 0 Å². The molecule has 0 aliphatic heterocycles. The summed E-state index contributed by atoms with van der Waals surface area (Å²) in [7, 11) is 0. The normalized spacial score (nSPS) is 12.0. The van der Waals surface area contributed by atoms with E-state index in [4.69, 9.17) is 0 Å². The van der Waals surface area contributed by atoms with E-state index >= 15 is 0 Å². The molecule has 0 aromatic carbocycles. The van der Waals surface area contributed by atoms with Crippen LogP contribution in [0.5, 0.6) is 0 Å². The number of hydrogen-bond acceptors (Lipinski definition) is 0. The summed E-state index contributed by atoms with van der Waals surface area (Å²) < 4.78 is 0. The molecule has 0 atom stereocenters. The Hall–Kier alpha value is 0.0649. The highest BCUT2D eigenvalue weighted by Crippen LogP contribution is 2.35. The lowest BCUT2D eigenvalue weighted by Crippen LogP contribution is -2.34. The summed E-state index contributed by atoms with van der Waals surface area (Å²) >= 11 is 0. The van der Waals surface area contributed by atoms with Crippen LogP contribution in [0.25, 0.3) is 0 Å². The number of hydrogen-bond donors (Lipinski definition) is 0. The summed E-state index contributed by atoms with van der Waals surface area (Å²) in [5.41, 5.74) is 0. The molecule has 0 nitrogen and oxygen atoms in total. The van der Waals surface area contributed by atoms with Gasteiger partial charge in [0.15, 0.2) is 0 Å². The Kier molecular flexibility index (Phi) is 30.7. The van der Waals surface area contributed by atoms with Crippen LogP contribution < -0.4 is 0 Å². The molecule has 0 heterocycles. The lowest BCUT2D eigenvalue weighted by molar-refractivity contribution is 0.581. The molecule has 37 heavy (non-hydrogen) atoms. The van der Waals surface area contributed by atoms with Crippen LogP contribution in [0.2, 0.25) is 25.3 Å². The van der Waals surface area contributed by atoms with Crippen molar-refractivity contribution in [1.82, 2.24) is 0 Å². The Morgan fingerprint density at radius 2 is 0.378 bits per heavy atom. The van der Waals surface area contributed by atoms with Crippen LogP contribution in [0, 0.1) is 0 Å². The van der Waals surface area contributed by atoms with Gasteiger partial charge in [0.2, 0.25) is 0 Å². The molecule has 0 fully saturated rings. The van der Waals surface area contributed by atoms with Gasteiger partial charge in [0, 0.05) is 6.15 Å². The van der Waals surface area contributed by atoms with E-state index in [0.717, 1.165) is 0 Å². The second kappa shape index (κ2) is 30.6. The van der Waals surface area contributed by atoms with Crippen LogP contribution in [0.15, 0.2) is 0 Å². The van der Waals surface area contributed by atoms with Gasteiger partial charge in [0.1, 0.15) is 0 Å². The first kappa shape index (κ1) is 37.1. The van der Waals surface area contributed by atoms with E-state index in [1.54, 1.807) is 25.3 Å². The molecule has 0 aromatic heterocycles. The highest BCUT2D eigenvalue weighted by Gasteiger charge is 2.23. The van der Waals surface area contributed by atoms with Gasteiger partial charge in [-0.3, -0.25) is 0 Å². The van der Waals surface area contributed by atoms with Crippen molar-refractivity contribution in [1.29, 1.82) is 0 Å². The average Bonchev–Trinajstić information content (AvgIpc) is 2.91. The molecule has 0 aliphatic carbocycles. The van der Waals surface area contributed by atoms with Gasteiger partial charge in [0.05, 0.1) is 0 Å². The van der Waals surface area contributed by atoms with Crippen molar-refractivity contribution in [3.8, 4) is 0 Å². The largest absolute Gasteiger partial charge is 0.178 e. The van der Waals surface area contributed by atoms with Crippen molar-refractivity contribution < 1.29 is 0 Å². The molecule has 0 bridgehead atoms. The first-order chi connectivity index (χ1) is 18.2. The predicted molar refractivity (Wildman–Crippen MR) is 177 cm³/mol. The zero-order valence-electron chi connectivity index (χ0n) is 27.2. The monoisotopic (exact) mass is 520 g/mol. The van der Waals surface area contributed by atoms with Crippen LogP contribution in [0.1, 0.15) is 207 Å². The van der Waals surface area contributed by atoms with E-state index in [-0.39, 0.29) is 6.15 Å². The molecule has 0 rings (SSSR count). The quantitative estimate of drug-likeness (QED) is 0.0612. The van der Waals surface area contributed by atoms with E-state index in [1.807, 2.05) is 0 Å². The lowest BCUT2D eigenvalue weighted by Gasteiger charge is -2.41. The molecule has 0 amide bonds. The zero-order valence-corrected chi connectivity index (χ0v) is 27.2. The van der Waals surface area contributed by atoms with Crippen LogP contribution in [-0.4, -0.2) is 6.15 Å². The molecular formula is C36H76B-. The van der Waals surface area contributed by atoms with Crippen molar-refractivity contribution in [2.45, 2.75) is 233 Å². The summed E-state index contributed by atoms with van der Waals surface area (Å²) in [4.78, 5) is 0. The van der Waals surface area contributed by atoms with Gasteiger partial charge in [-0.2, -0.15) is 25.3 Å². The van der Waals surface area contributed by atoms with E-state index in [1.165, 1.54) is 180 Å². The SMILES string of the molecule is CCCCCCCCC[B-](CCCCCCCCC)(CCCCCCCCC)CCCCCCCCC. The van der Waals surface area contributed by atoms with Gasteiger partial charge in [-0.25, -0.2) is 0 Å². The van der Waals surface area contributed by atoms with Gasteiger partial charge in [-0.15, -0.1) is 0 Å². The van der Waals surface area contributed by atoms with Gasteiger partial charge in [-0.1, -0.05) is 207 Å². The molecule has 0 N–H and O–H groups in total. The zero-order chi connectivity index (χ0) is 27.1. The molecule has 0 saturated carbocycles. The minimum atomic E-state index is -0.120. The number of unbranched alkanes of at least 4 members (excludes halogenated alkanes) is 24. The van der Waals surface area contributed by atoms with Crippen LogP contribution >= 0.6 is 0 Å². The molecule has 0 spiro atoms. The van der Waals surface area contributed by atoms with Crippen molar-refractivity contribution in [2.75, 3.05) is 0 Å². The molecule has 0 aliphatic rings. The fourth-order valence-electron chi connectivity index (χ4n) is 7.00. The van der Waals surface area contributed by atoms with Crippen molar-refractivity contribution >= 4 is 6.15 Å². The molecule has 1 heteroatoms. The minimum Gasteiger partial charge on any atom is -0.178 e. The molecule has 0 aromatic rings. The average molecular weight is 520 g/mol. The Balaban J connectivity index is 4.78. The third kappa shape index (κ3) is 26.1. The Morgan fingerprint density at radius 1 is 0.216 bits per heavy atom. The van der Waals surface area contributed by atoms with E-state index in [2.05, 4.69) is 27.7 Å². The topological polar surface area (TPSA) is 0 Å². The van der Waals surface area contributed by atoms with Crippen molar-refractivity contribution in [3.05, 3.63) is 0 Å². The van der Waals surface area contributed by atoms with Crippen LogP contribution in [0.4, 0.5) is 0 Å². The molecular weight excluding hydrogens is 443 g/mol. The van der Waals surface area contributed by atoms with Crippen molar-refractivity contribution in [3.63, 3.8) is 0 Å². The maximum absolute atomic E-state index is 2.34. The highest BCUT2D eigenvalue weighted by molar-refractivity contribution is 6.79. The van der Waals surface area contributed by atoms with Crippen LogP contribution in [0.3, 0.4) is 0 Å². The minimum absolute atomic E-state index is 0.120. The summed E-state index contributed by atoms with van der Waals surface area (Å²) in [6, 6.07) is 0. The summed E-state index contributed by atoms with van der Waals surface area (Å²) in [5, 5.41) is 0. The smallest absolute Gasteiger partial charge is 0.000747 e. The Morgan fingerprint density at radius 3 is 0.568 bits per heavy atom. The third-order valence-corrected chi connectivity index (χ3v) is 9.68. The highest BCUT2D eigenvalue weighted by atomic mass is 14.1. The standard InChI is InChI=1S/C36H76B/c1-5-9-13-17-21-25-29-33-37(34-30-26-22-18-14-10-6-2,35-31-27-23-19-15-11-7-3)36-32-28-24-20-16-12-8-4/h5-36H2,1-4H3/q-1. The van der Waals surface area contributed by atoms with Crippen molar-refractivity contribution in [2.24, 2.45) is 0 Å². The van der Waals surface area contributed by atoms with Crippen LogP contribution in [-0.2, 0) is 0 Å². The molecule has 224 valence electrons. The Bertz CT molecular complexity index is 326. The van der Waals surface area contributed by atoms with Gasteiger partial charge in [-0.05, 0) is 0 Å². The fraction of sp³-hybridized carbons (Fsp3) is 1.00. The lowest BCUT2D eigenvalue weighted by atomic mass is 9.17. The van der Waals surface area contributed by atoms with Gasteiger partial charge < -0.3 is 0 Å². The first-order valence-electron chi connectivity index (χ1n) is 18.5. The number of rotatable bonds is 32. The predicted octanol–water partition coefficient (Wildman–Crippen LogP) is 14.4. The second-order valence-corrected chi connectivity index (χ2v) is 13.4. The first-order valence-corrected chi connectivity index (χ1v) is 18.5. The summed E-state index contributed by atoms with van der Waals surface area (Å²) in [5.74, 6) is 0. The molecule has 0 unspecified atom stereocenters. The van der Waals surface area contributed by atoms with Gasteiger partial charge in [0.25, 0.3) is 0 Å². The fourth-order valence-corrected chi connectivity index (χ4v) is 7.00. The summed E-state index contributed by atoms with van der Waals surface area (Å²) in [6.07, 6.45) is 47.6. The van der Waals surface area contributed by atoms with E-state index in [0.29, 0.717) is 0 Å². The molecule has 0 saturated heterocycles. The maximum Gasteiger partial charge on any atom is 0.000747 e. The second-order valence-electron chi connectivity index (χ2n) is 13.4. The van der Waals surface area contributed by atoms with Gasteiger partial charge >= 0.3 is 0 Å². The maximum atomic E-state index is 2.34.